The number of hydrogen-bond donors (Lipinski definition) is 1. The van der Waals surface area contributed by atoms with Crippen LogP contribution in [0.3, 0.4) is 0 Å². The molecule has 2 unspecified atom stereocenters. The number of hydrogen-bond acceptors (Lipinski definition) is 3. The fourth-order valence-corrected chi connectivity index (χ4v) is 2.98. The lowest BCUT2D eigenvalue weighted by atomic mass is 10.1. The van der Waals surface area contributed by atoms with Crippen LogP contribution in [-0.4, -0.2) is 11.0 Å². The highest BCUT2D eigenvalue weighted by Crippen LogP contribution is 2.34. The molecule has 2 atom stereocenters. The topological polar surface area (TPSA) is 55.2 Å². The molecule has 2 rings (SSSR count). The molecular weight excluding hydrogens is 296 g/mol. The maximum Gasteiger partial charge on any atom is 0.273 e. The first-order valence-electron chi connectivity index (χ1n) is 6.18. The third-order valence-corrected chi connectivity index (χ3v) is 4.19. The Hall–Kier alpha value is -1.10. The molecule has 18 heavy (non-hydrogen) atoms. The van der Waals surface area contributed by atoms with Gasteiger partial charge in [-0.15, -0.1) is 0 Å². The molecule has 0 heterocycles. The van der Waals surface area contributed by atoms with Crippen molar-refractivity contribution in [2.45, 2.75) is 39.2 Å². The molecular formula is C13H17BrN2O2. The average molecular weight is 313 g/mol. The van der Waals surface area contributed by atoms with Crippen LogP contribution in [0.2, 0.25) is 0 Å². The Morgan fingerprint density at radius 2 is 2.17 bits per heavy atom. The second-order valence-electron chi connectivity index (χ2n) is 5.14. The number of benzene rings is 1. The molecule has 1 aliphatic rings. The van der Waals surface area contributed by atoms with Gasteiger partial charge in [-0.2, -0.15) is 0 Å². The van der Waals surface area contributed by atoms with Gasteiger partial charge in [0.1, 0.15) is 0 Å². The first-order valence-corrected chi connectivity index (χ1v) is 6.97. The van der Waals surface area contributed by atoms with Crippen molar-refractivity contribution >= 4 is 27.3 Å². The van der Waals surface area contributed by atoms with Gasteiger partial charge in [0.2, 0.25) is 0 Å². The van der Waals surface area contributed by atoms with E-state index < -0.39 is 0 Å². The van der Waals surface area contributed by atoms with Crippen LogP contribution in [-0.2, 0) is 0 Å². The van der Waals surface area contributed by atoms with Crippen molar-refractivity contribution in [3.8, 4) is 0 Å². The normalized spacial score (nSPS) is 23.1. The Balaban J connectivity index is 2.19. The standard InChI is InChI=1S/C13H17BrN2O2/c1-8-3-4-10(5-8)15-12-6-9(2)13(16(17)18)7-11(12)14/h6-8,10,15H,3-5H2,1-2H3. The fourth-order valence-electron chi connectivity index (χ4n) is 2.54. The molecule has 0 amide bonds. The summed E-state index contributed by atoms with van der Waals surface area (Å²) in [7, 11) is 0. The highest BCUT2D eigenvalue weighted by Gasteiger charge is 2.22. The smallest absolute Gasteiger partial charge is 0.273 e. The number of halogens is 1. The molecule has 1 aromatic rings. The maximum atomic E-state index is 10.8. The Morgan fingerprint density at radius 1 is 1.44 bits per heavy atom. The number of rotatable bonds is 3. The Labute approximate surface area is 115 Å². The molecule has 0 aromatic heterocycles. The molecule has 1 saturated carbocycles. The van der Waals surface area contributed by atoms with Crippen LogP contribution in [0.15, 0.2) is 16.6 Å². The SMILES string of the molecule is Cc1cc(NC2CCC(C)C2)c(Br)cc1[N+](=O)[O-]. The number of nitrogens with one attached hydrogen (secondary N) is 1. The van der Waals surface area contributed by atoms with Gasteiger partial charge >= 0.3 is 0 Å². The van der Waals surface area contributed by atoms with Crippen LogP contribution < -0.4 is 5.32 Å². The van der Waals surface area contributed by atoms with Crippen molar-refractivity contribution in [1.82, 2.24) is 0 Å². The summed E-state index contributed by atoms with van der Waals surface area (Å²) in [6.07, 6.45) is 3.59. The molecule has 0 spiro atoms. The second kappa shape index (κ2) is 5.26. The minimum atomic E-state index is -0.346. The molecule has 98 valence electrons. The lowest BCUT2D eigenvalue weighted by Gasteiger charge is -2.16. The summed E-state index contributed by atoms with van der Waals surface area (Å²) in [5.74, 6) is 0.764. The van der Waals surface area contributed by atoms with Crippen LogP contribution in [0.25, 0.3) is 0 Å². The van der Waals surface area contributed by atoms with Crippen molar-refractivity contribution in [2.24, 2.45) is 5.92 Å². The van der Waals surface area contributed by atoms with Crippen molar-refractivity contribution in [3.63, 3.8) is 0 Å². The van der Waals surface area contributed by atoms with Crippen LogP contribution in [0.1, 0.15) is 31.7 Å². The number of nitrogens with zero attached hydrogens (tertiary/aromatic N) is 1. The Kier molecular flexibility index (Phi) is 3.90. The molecule has 1 aromatic carbocycles. The van der Waals surface area contributed by atoms with E-state index in [4.69, 9.17) is 0 Å². The number of nitro benzene ring substituents is 1. The lowest BCUT2D eigenvalue weighted by molar-refractivity contribution is -0.385. The zero-order valence-electron chi connectivity index (χ0n) is 10.6. The Morgan fingerprint density at radius 3 is 2.72 bits per heavy atom. The van der Waals surface area contributed by atoms with Crippen LogP contribution in [0, 0.1) is 23.0 Å². The van der Waals surface area contributed by atoms with Crippen LogP contribution in [0.5, 0.6) is 0 Å². The van der Waals surface area contributed by atoms with Crippen molar-refractivity contribution in [3.05, 3.63) is 32.3 Å². The lowest BCUT2D eigenvalue weighted by Crippen LogP contribution is -2.15. The summed E-state index contributed by atoms with van der Waals surface area (Å²) in [5.41, 5.74) is 1.81. The molecule has 4 nitrogen and oxygen atoms in total. The van der Waals surface area contributed by atoms with Crippen molar-refractivity contribution in [1.29, 1.82) is 0 Å². The summed E-state index contributed by atoms with van der Waals surface area (Å²) in [6.45, 7) is 4.03. The molecule has 0 aliphatic heterocycles. The van der Waals surface area contributed by atoms with E-state index in [1.54, 1.807) is 13.0 Å². The third-order valence-electron chi connectivity index (χ3n) is 3.54. The molecule has 0 radical (unpaired) electrons. The zero-order valence-corrected chi connectivity index (χ0v) is 12.2. The second-order valence-corrected chi connectivity index (χ2v) is 5.99. The predicted molar refractivity (Wildman–Crippen MR) is 76.0 cm³/mol. The summed E-state index contributed by atoms with van der Waals surface area (Å²) >= 11 is 3.41. The number of nitro groups is 1. The van der Waals surface area contributed by atoms with Gasteiger partial charge in [0, 0.05) is 27.8 Å². The summed E-state index contributed by atoms with van der Waals surface area (Å²) in [5, 5.41) is 14.3. The van der Waals surface area contributed by atoms with Gasteiger partial charge in [-0.25, -0.2) is 0 Å². The first kappa shape index (κ1) is 13.3. The van der Waals surface area contributed by atoms with E-state index in [1.165, 1.54) is 19.3 Å². The summed E-state index contributed by atoms with van der Waals surface area (Å²) in [4.78, 5) is 10.5. The molecule has 5 heteroatoms. The van der Waals surface area contributed by atoms with E-state index in [0.29, 0.717) is 11.6 Å². The van der Waals surface area contributed by atoms with Gasteiger partial charge in [-0.05, 0) is 54.1 Å². The van der Waals surface area contributed by atoms with Crippen molar-refractivity contribution < 1.29 is 4.92 Å². The predicted octanol–water partition coefficient (Wildman–Crippen LogP) is 4.27. The van der Waals surface area contributed by atoms with E-state index >= 15 is 0 Å². The molecule has 0 bridgehead atoms. The minimum Gasteiger partial charge on any atom is -0.381 e. The van der Waals surface area contributed by atoms with E-state index in [0.717, 1.165) is 16.1 Å². The maximum absolute atomic E-state index is 10.8. The van der Waals surface area contributed by atoms with Gasteiger partial charge in [0.15, 0.2) is 0 Å². The first-order chi connectivity index (χ1) is 8.47. The third kappa shape index (κ3) is 2.83. The van der Waals surface area contributed by atoms with Crippen LogP contribution in [0.4, 0.5) is 11.4 Å². The van der Waals surface area contributed by atoms with E-state index in [-0.39, 0.29) is 10.6 Å². The molecule has 1 N–H and O–H groups in total. The molecule has 1 fully saturated rings. The van der Waals surface area contributed by atoms with Gasteiger partial charge in [0.05, 0.1) is 4.92 Å². The molecule has 1 aliphatic carbocycles. The van der Waals surface area contributed by atoms with Gasteiger partial charge in [0.25, 0.3) is 5.69 Å². The Bertz CT molecular complexity index is 476. The van der Waals surface area contributed by atoms with E-state index in [9.17, 15) is 10.1 Å². The van der Waals surface area contributed by atoms with E-state index in [1.807, 2.05) is 6.07 Å². The van der Waals surface area contributed by atoms with Gasteiger partial charge in [-0.1, -0.05) is 6.92 Å². The molecule has 0 saturated heterocycles. The highest BCUT2D eigenvalue weighted by molar-refractivity contribution is 9.10. The number of anilines is 1. The van der Waals surface area contributed by atoms with E-state index in [2.05, 4.69) is 28.2 Å². The van der Waals surface area contributed by atoms with Gasteiger partial charge < -0.3 is 5.32 Å². The van der Waals surface area contributed by atoms with Gasteiger partial charge in [-0.3, -0.25) is 10.1 Å². The summed E-state index contributed by atoms with van der Waals surface area (Å²) < 4.78 is 0.763. The fraction of sp³-hybridized carbons (Fsp3) is 0.538. The monoisotopic (exact) mass is 312 g/mol. The highest BCUT2D eigenvalue weighted by atomic mass is 79.9. The number of aryl methyl sites for hydroxylation is 1. The average Bonchev–Trinajstić information content (AvgIpc) is 2.68. The summed E-state index contributed by atoms with van der Waals surface area (Å²) in [6, 6.07) is 3.92. The van der Waals surface area contributed by atoms with Crippen LogP contribution >= 0.6 is 15.9 Å². The quantitative estimate of drug-likeness (QED) is 0.670. The van der Waals surface area contributed by atoms with Crippen molar-refractivity contribution in [2.75, 3.05) is 5.32 Å². The zero-order chi connectivity index (χ0) is 13.3. The largest absolute Gasteiger partial charge is 0.381 e. The minimum absolute atomic E-state index is 0.159.